The number of nitrogens with one attached hydrogen (secondary N) is 2. The van der Waals surface area contributed by atoms with E-state index < -0.39 is 0 Å². The van der Waals surface area contributed by atoms with E-state index in [1.54, 1.807) is 0 Å². The third kappa shape index (κ3) is 3.87. The van der Waals surface area contributed by atoms with Gasteiger partial charge < -0.3 is 15.5 Å². The number of fused-ring (bicyclic) bond motifs is 1. The van der Waals surface area contributed by atoms with Crippen LogP contribution in [0, 0.1) is 5.92 Å². The Hall–Kier alpha value is -2.82. The topological polar surface area (TPSA) is 61.4 Å². The average molecular weight is 351 g/mol. The van der Waals surface area contributed by atoms with Gasteiger partial charge in [-0.1, -0.05) is 32.0 Å². The van der Waals surface area contributed by atoms with Crippen LogP contribution in [0.2, 0.25) is 0 Å². The number of amides is 2. The van der Waals surface area contributed by atoms with Crippen molar-refractivity contribution in [3.63, 3.8) is 0 Å². The number of carbonyl (C=O) groups excluding carboxylic acids is 2. The molecule has 0 spiro atoms. The van der Waals surface area contributed by atoms with E-state index >= 15 is 0 Å². The van der Waals surface area contributed by atoms with Crippen LogP contribution in [0.1, 0.15) is 26.3 Å². The summed E-state index contributed by atoms with van der Waals surface area (Å²) in [4.78, 5) is 26.4. The van der Waals surface area contributed by atoms with Gasteiger partial charge in [0.15, 0.2) is 0 Å². The maximum atomic E-state index is 12.8. The van der Waals surface area contributed by atoms with Crippen molar-refractivity contribution in [3.05, 3.63) is 54.1 Å². The van der Waals surface area contributed by atoms with Crippen LogP contribution in [0.3, 0.4) is 0 Å². The van der Waals surface area contributed by atoms with Gasteiger partial charge in [0.25, 0.3) is 0 Å². The highest BCUT2D eigenvalue weighted by Crippen LogP contribution is 2.28. The highest BCUT2D eigenvalue weighted by atomic mass is 16.2. The van der Waals surface area contributed by atoms with Crippen LogP contribution in [0.5, 0.6) is 0 Å². The lowest BCUT2D eigenvalue weighted by molar-refractivity contribution is -0.119. The van der Waals surface area contributed by atoms with Gasteiger partial charge in [-0.25, -0.2) is 0 Å². The Balaban J connectivity index is 1.62. The molecule has 136 valence electrons. The fourth-order valence-electron chi connectivity index (χ4n) is 3.05. The number of anilines is 3. The summed E-state index contributed by atoms with van der Waals surface area (Å²) in [7, 11) is 0. The summed E-state index contributed by atoms with van der Waals surface area (Å²) in [6.07, 6.45) is 0.902. The normalized spacial score (nSPS) is 14.1. The Morgan fingerprint density at radius 1 is 0.962 bits per heavy atom. The van der Waals surface area contributed by atoms with Gasteiger partial charge >= 0.3 is 0 Å². The molecule has 0 fully saturated rings. The highest BCUT2D eigenvalue weighted by Gasteiger charge is 2.27. The van der Waals surface area contributed by atoms with E-state index in [1.807, 2.05) is 68.1 Å². The van der Waals surface area contributed by atoms with Crippen LogP contribution in [-0.2, 0) is 16.0 Å². The van der Waals surface area contributed by atoms with Crippen LogP contribution >= 0.6 is 0 Å². The summed E-state index contributed by atoms with van der Waals surface area (Å²) < 4.78 is 0. The van der Waals surface area contributed by atoms with Crippen LogP contribution in [0.15, 0.2) is 48.5 Å². The van der Waals surface area contributed by atoms with E-state index in [0.29, 0.717) is 0 Å². The molecule has 0 radical (unpaired) electrons. The van der Waals surface area contributed by atoms with Gasteiger partial charge in [-0.15, -0.1) is 0 Å². The summed E-state index contributed by atoms with van der Waals surface area (Å²) in [5, 5.41) is 6.11. The minimum absolute atomic E-state index is 0.0121. The quantitative estimate of drug-likeness (QED) is 0.864. The largest absolute Gasteiger partial charge is 0.374 e. The first-order valence-corrected chi connectivity index (χ1v) is 9.02. The first kappa shape index (κ1) is 18.0. The number of nitrogens with zero attached hydrogens (tertiary/aromatic N) is 1. The van der Waals surface area contributed by atoms with Crippen molar-refractivity contribution in [2.75, 3.05) is 22.1 Å². The summed E-state index contributed by atoms with van der Waals surface area (Å²) in [6.45, 7) is 6.31. The van der Waals surface area contributed by atoms with E-state index in [1.165, 1.54) is 5.56 Å². The third-order valence-electron chi connectivity index (χ3n) is 4.58. The molecule has 1 aliphatic rings. The Morgan fingerprint density at radius 3 is 2.31 bits per heavy atom. The number of hydrogen-bond donors (Lipinski definition) is 2. The highest BCUT2D eigenvalue weighted by molar-refractivity contribution is 6.00. The molecule has 2 N–H and O–H groups in total. The van der Waals surface area contributed by atoms with Crippen molar-refractivity contribution in [2.45, 2.75) is 33.2 Å². The zero-order valence-electron chi connectivity index (χ0n) is 15.5. The van der Waals surface area contributed by atoms with Gasteiger partial charge in [-0.2, -0.15) is 0 Å². The molecule has 1 unspecified atom stereocenters. The minimum atomic E-state index is -0.336. The number of hydrogen-bond acceptors (Lipinski definition) is 3. The molecule has 2 aromatic carbocycles. The Morgan fingerprint density at radius 2 is 1.62 bits per heavy atom. The Bertz CT molecular complexity index is 799. The lowest BCUT2D eigenvalue weighted by atomic mass is 10.2. The van der Waals surface area contributed by atoms with Crippen molar-refractivity contribution in [1.29, 1.82) is 0 Å². The van der Waals surface area contributed by atoms with Crippen LogP contribution < -0.4 is 15.5 Å². The minimum Gasteiger partial charge on any atom is -0.374 e. The molecule has 0 bridgehead atoms. The van der Waals surface area contributed by atoms with Crippen LogP contribution in [-0.4, -0.2) is 24.4 Å². The molecule has 0 aliphatic carbocycles. The summed E-state index contributed by atoms with van der Waals surface area (Å²) in [5.41, 5.74) is 3.83. The van der Waals surface area contributed by atoms with E-state index in [9.17, 15) is 9.59 Å². The van der Waals surface area contributed by atoms with E-state index in [4.69, 9.17) is 0 Å². The number of para-hydroxylation sites is 1. The van der Waals surface area contributed by atoms with Crippen molar-refractivity contribution >= 4 is 28.9 Å². The number of rotatable bonds is 5. The SMILES string of the molecule is CC(C)C(=O)Nc1ccc(NC(C)C(=O)N2CCc3ccccc32)cc1. The van der Waals surface area contributed by atoms with Gasteiger partial charge in [0.1, 0.15) is 6.04 Å². The van der Waals surface area contributed by atoms with E-state index in [0.717, 1.165) is 30.0 Å². The fourth-order valence-corrected chi connectivity index (χ4v) is 3.05. The zero-order chi connectivity index (χ0) is 18.7. The molecule has 0 saturated heterocycles. The van der Waals surface area contributed by atoms with Gasteiger partial charge in [-0.3, -0.25) is 9.59 Å². The van der Waals surface area contributed by atoms with Crippen molar-refractivity contribution in [2.24, 2.45) is 5.92 Å². The van der Waals surface area contributed by atoms with Gasteiger partial charge in [-0.05, 0) is 49.2 Å². The predicted octanol–water partition coefficient (Wildman–Crippen LogP) is 3.67. The summed E-state index contributed by atoms with van der Waals surface area (Å²) >= 11 is 0. The lowest BCUT2D eigenvalue weighted by Gasteiger charge is -2.23. The van der Waals surface area contributed by atoms with Crippen LogP contribution in [0.25, 0.3) is 0 Å². The third-order valence-corrected chi connectivity index (χ3v) is 4.58. The lowest BCUT2D eigenvalue weighted by Crippen LogP contribution is -2.40. The second-order valence-electron chi connectivity index (χ2n) is 6.96. The second-order valence-corrected chi connectivity index (χ2v) is 6.96. The van der Waals surface area contributed by atoms with Crippen molar-refractivity contribution in [1.82, 2.24) is 0 Å². The van der Waals surface area contributed by atoms with Crippen LogP contribution in [0.4, 0.5) is 17.1 Å². The molecule has 1 aliphatic heterocycles. The summed E-state index contributed by atoms with van der Waals surface area (Å²) in [6, 6.07) is 15.1. The van der Waals surface area contributed by atoms with Gasteiger partial charge in [0, 0.05) is 29.5 Å². The first-order valence-electron chi connectivity index (χ1n) is 9.02. The smallest absolute Gasteiger partial charge is 0.249 e. The van der Waals surface area contributed by atoms with Gasteiger partial charge in [0.2, 0.25) is 11.8 Å². The molecule has 2 aromatic rings. The molecule has 5 nitrogen and oxygen atoms in total. The molecule has 0 saturated carbocycles. The Labute approximate surface area is 154 Å². The average Bonchev–Trinajstić information content (AvgIpc) is 3.06. The van der Waals surface area contributed by atoms with E-state index in [-0.39, 0.29) is 23.8 Å². The fraction of sp³-hybridized carbons (Fsp3) is 0.333. The standard InChI is InChI=1S/C21H25N3O2/c1-14(2)20(25)23-18-10-8-17(9-11-18)22-15(3)21(26)24-13-12-16-6-4-5-7-19(16)24/h4-11,14-15,22H,12-13H2,1-3H3,(H,23,25). The molecule has 5 heteroatoms. The van der Waals surface area contributed by atoms with Crippen molar-refractivity contribution < 1.29 is 9.59 Å². The van der Waals surface area contributed by atoms with Crippen molar-refractivity contribution in [3.8, 4) is 0 Å². The molecule has 26 heavy (non-hydrogen) atoms. The maximum absolute atomic E-state index is 12.8. The Kier molecular flexibility index (Phi) is 5.26. The first-order chi connectivity index (χ1) is 12.5. The molecule has 3 rings (SSSR count). The maximum Gasteiger partial charge on any atom is 0.249 e. The summed E-state index contributed by atoms with van der Waals surface area (Å²) in [5.74, 6) is -0.0112. The monoisotopic (exact) mass is 351 g/mol. The predicted molar refractivity (Wildman–Crippen MR) is 105 cm³/mol. The molecular weight excluding hydrogens is 326 g/mol. The second kappa shape index (κ2) is 7.60. The molecule has 1 heterocycles. The van der Waals surface area contributed by atoms with Gasteiger partial charge in [0.05, 0.1) is 0 Å². The zero-order valence-corrected chi connectivity index (χ0v) is 15.5. The number of benzene rings is 2. The molecule has 2 amide bonds. The molecule has 0 aromatic heterocycles. The molecular formula is C21H25N3O2. The molecule has 1 atom stereocenters. The number of carbonyl (C=O) groups is 2. The van der Waals surface area contributed by atoms with E-state index in [2.05, 4.69) is 16.7 Å².